The number of carboxylic acid groups (broad SMARTS) is 1. The van der Waals surface area contributed by atoms with Crippen LogP contribution < -0.4 is 0 Å². The number of rotatable bonds is 7. The molecule has 2 amide bonds. The van der Waals surface area contributed by atoms with Gasteiger partial charge in [0.2, 0.25) is 0 Å². The largest absolute Gasteiger partial charge is 0.481 e. The number of nitrogens with zero attached hydrogens (tertiary/aromatic N) is 2. The molecule has 1 saturated heterocycles. The van der Waals surface area contributed by atoms with Crippen LogP contribution in [0.5, 0.6) is 0 Å². The van der Waals surface area contributed by atoms with Crippen molar-refractivity contribution in [2.75, 3.05) is 40.4 Å². The Labute approximate surface area is 120 Å². The second-order valence-electron chi connectivity index (χ2n) is 5.44. The molecule has 0 aromatic rings. The maximum absolute atomic E-state index is 12.3. The number of amides is 2. The van der Waals surface area contributed by atoms with E-state index in [9.17, 15) is 9.59 Å². The molecule has 1 heterocycles. The second-order valence-corrected chi connectivity index (χ2v) is 5.44. The van der Waals surface area contributed by atoms with Gasteiger partial charge in [0.15, 0.2) is 0 Å². The summed E-state index contributed by atoms with van der Waals surface area (Å²) in [5, 5.41) is 8.73. The molecular formula is C14H26N2O4. The van der Waals surface area contributed by atoms with Gasteiger partial charge in [0.05, 0.1) is 0 Å². The summed E-state index contributed by atoms with van der Waals surface area (Å²) in [7, 11) is 3.46. The standard InChI is InChI=1S/C14H26N2O4/c1-15(8-4-10-20-2)14(19)16-9-3-5-12(11-16)6-7-13(17)18/h12H,3-11H2,1-2H3,(H,17,18). The highest BCUT2D eigenvalue weighted by molar-refractivity contribution is 5.74. The van der Waals surface area contributed by atoms with E-state index < -0.39 is 5.97 Å². The third-order valence-electron chi connectivity index (χ3n) is 3.72. The van der Waals surface area contributed by atoms with E-state index in [0.717, 1.165) is 25.8 Å². The number of urea groups is 1. The SMILES string of the molecule is COCCCN(C)C(=O)N1CCCC(CCC(=O)O)C1. The summed E-state index contributed by atoms with van der Waals surface area (Å²) in [6, 6.07) is 0.0427. The maximum Gasteiger partial charge on any atom is 0.319 e. The third kappa shape index (κ3) is 5.77. The molecule has 1 fully saturated rings. The summed E-state index contributed by atoms with van der Waals surface area (Å²) in [4.78, 5) is 26.5. The zero-order chi connectivity index (χ0) is 15.0. The first kappa shape index (κ1) is 16.8. The number of aliphatic carboxylic acids is 1. The van der Waals surface area contributed by atoms with Crippen LogP contribution in [0.1, 0.15) is 32.1 Å². The maximum atomic E-state index is 12.3. The summed E-state index contributed by atoms with van der Waals surface area (Å²) in [6.45, 7) is 2.79. The van der Waals surface area contributed by atoms with E-state index in [2.05, 4.69) is 0 Å². The number of hydrogen-bond acceptors (Lipinski definition) is 3. The Bertz CT molecular complexity index is 322. The highest BCUT2D eigenvalue weighted by Gasteiger charge is 2.25. The number of carbonyl (C=O) groups excluding carboxylic acids is 1. The number of methoxy groups -OCH3 is 1. The molecule has 1 aliphatic heterocycles. The molecule has 0 aliphatic carbocycles. The van der Waals surface area contributed by atoms with Gasteiger partial charge in [-0.25, -0.2) is 4.79 Å². The van der Waals surface area contributed by atoms with Gasteiger partial charge in [0.1, 0.15) is 0 Å². The Kier molecular flexibility index (Phi) is 7.36. The van der Waals surface area contributed by atoms with E-state index in [1.165, 1.54) is 0 Å². The fraction of sp³-hybridized carbons (Fsp3) is 0.857. The average molecular weight is 286 g/mol. The lowest BCUT2D eigenvalue weighted by Crippen LogP contribution is -2.46. The van der Waals surface area contributed by atoms with Gasteiger partial charge >= 0.3 is 12.0 Å². The number of hydrogen-bond donors (Lipinski definition) is 1. The van der Waals surface area contributed by atoms with E-state index in [4.69, 9.17) is 9.84 Å². The van der Waals surface area contributed by atoms with E-state index >= 15 is 0 Å². The molecule has 0 radical (unpaired) electrons. The summed E-state index contributed by atoms with van der Waals surface area (Å²) >= 11 is 0. The molecule has 0 aromatic carbocycles. The Morgan fingerprint density at radius 2 is 2.20 bits per heavy atom. The van der Waals surface area contributed by atoms with Gasteiger partial charge in [-0.2, -0.15) is 0 Å². The van der Waals surface area contributed by atoms with Crippen LogP contribution in [0.15, 0.2) is 0 Å². The Morgan fingerprint density at radius 1 is 1.45 bits per heavy atom. The van der Waals surface area contributed by atoms with Crippen LogP contribution in [-0.4, -0.2) is 67.3 Å². The van der Waals surface area contributed by atoms with E-state index in [0.29, 0.717) is 32.0 Å². The molecule has 0 saturated carbocycles. The predicted molar refractivity (Wildman–Crippen MR) is 75.7 cm³/mol. The number of carboxylic acids is 1. The molecule has 116 valence electrons. The smallest absolute Gasteiger partial charge is 0.319 e. The summed E-state index contributed by atoms with van der Waals surface area (Å²) in [5.74, 6) is -0.443. The minimum atomic E-state index is -0.759. The zero-order valence-electron chi connectivity index (χ0n) is 12.5. The quantitative estimate of drug-likeness (QED) is 0.722. The van der Waals surface area contributed by atoms with E-state index in [1.807, 2.05) is 4.90 Å². The normalized spacial score (nSPS) is 18.9. The predicted octanol–water partition coefficient (Wildman–Crippen LogP) is 1.65. The molecule has 1 N–H and O–H groups in total. The van der Waals surface area contributed by atoms with Crippen LogP contribution in [-0.2, 0) is 9.53 Å². The Hall–Kier alpha value is -1.30. The topological polar surface area (TPSA) is 70.1 Å². The first-order valence-electron chi connectivity index (χ1n) is 7.25. The van der Waals surface area contributed by atoms with Gasteiger partial charge in [-0.15, -0.1) is 0 Å². The van der Waals surface area contributed by atoms with Crippen LogP contribution in [0, 0.1) is 5.92 Å². The van der Waals surface area contributed by atoms with Crippen molar-refractivity contribution in [2.24, 2.45) is 5.92 Å². The minimum absolute atomic E-state index is 0.0427. The van der Waals surface area contributed by atoms with Crippen LogP contribution in [0.2, 0.25) is 0 Å². The fourth-order valence-corrected chi connectivity index (χ4v) is 2.59. The molecule has 0 spiro atoms. The Morgan fingerprint density at radius 3 is 2.85 bits per heavy atom. The number of likely N-dealkylation sites (tertiary alicyclic amines) is 1. The molecule has 1 unspecified atom stereocenters. The van der Waals surface area contributed by atoms with Gasteiger partial charge < -0.3 is 19.6 Å². The first-order chi connectivity index (χ1) is 9.54. The van der Waals surface area contributed by atoms with Crippen LogP contribution in [0.25, 0.3) is 0 Å². The molecule has 6 heteroatoms. The number of piperidine rings is 1. The van der Waals surface area contributed by atoms with Crippen molar-refractivity contribution >= 4 is 12.0 Å². The highest BCUT2D eigenvalue weighted by Crippen LogP contribution is 2.21. The van der Waals surface area contributed by atoms with Crippen molar-refractivity contribution in [2.45, 2.75) is 32.1 Å². The first-order valence-corrected chi connectivity index (χ1v) is 7.25. The van der Waals surface area contributed by atoms with Crippen molar-refractivity contribution in [3.05, 3.63) is 0 Å². The van der Waals surface area contributed by atoms with Crippen LogP contribution in [0.4, 0.5) is 4.79 Å². The van der Waals surface area contributed by atoms with Gasteiger partial charge in [0, 0.05) is 46.8 Å². The van der Waals surface area contributed by atoms with Crippen molar-refractivity contribution in [3.63, 3.8) is 0 Å². The van der Waals surface area contributed by atoms with Crippen molar-refractivity contribution in [3.8, 4) is 0 Å². The molecule has 6 nitrogen and oxygen atoms in total. The average Bonchev–Trinajstić information content (AvgIpc) is 2.44. The second kappa shape index (κ2) is 8.79. The molecule has 1 atom stereocenters. The number of ether oxygens (including phenoxy) is 1. The van der Waals surface area contributed by atoms with Crippen molar-refractivity contribution in [1.29, 1.82) is 0 Å². The fourth-order valence-electron chi connectivity index (χ4n) is 2.59. The van der Waals surface area contributed by atoms with E-state index in [-0.39, 0.29) is 12.5 Å². The van der Waals surface area contributed by atoms with Crippen molar-refractivity contribution < 1.29 is 19.4 Å². The summed E-state index contributed by atoms with van der Waals surface area (Å²) < 4.78 is 4.98. The molecule has 1 aliphatic rings. The lowest BCUT2D eigenvalue weighted by Gasteiger charge is -2.35. The monoisotopic (exact) mass is 286 g/mol. The third-order valence-corrected chi connectivity index (χ3v) is 3.72. The van der Waals surface area contributed by atoms with Gasteiger partial charge in [-0.05, 0) is 31.6 Å². The minimum Gasteiger partial charge on any atom is -0.481 e. The molecule has 0 aromatic heterocycles. The lowest BCUT2D eigenvalue weighted by atomic mass is 9.93. The highest BCUT2D eigenvalue weighted by atomic mass is 16.5. The van der Waals surface area contributed by atoms with Gasteiger partial charge in [-0.3, -0.25) is 4.79 Å². The Balaban J connectivity index is 2.37. The zero-order valence-corrected chi connectivity index (χ0v) is 12.5. The summed E-state index contributed by atoms with van der Waals surface area (Å²) in [5.41, 5.74) is 0. The molecule has 20 heavy (non-hydrogen) atoms. The number of carbonyl (C=O) groups is 2. The molecule has 0 bridgehead atoms. The van der Waals surface area contributed by atoms with Crippen molar-refractivity contribution in [1.82, 2.24) is 9.80 Å². The van der Waals surface area contributed by atoms with Crippen LogP contribution in [0.3, 0.4) is 0 Å². The lowest BCUT2D eigenvalue weighted by molar-refractivity contribution is -0.137. The van der Waals surface area contributed by atoms with E-state index in [1.54, 1.807) is 19.1 Å². The van der Waals surface area contributed by atoms with Gasteiger partial charge in [-0.1, -0.05) is 0 Å². The summed E-state index contributed by atoms with van der Waals surface area (Å²) in [6.07, 6.45) is 3.66. The van der Waals surface area contributed by atoms with Gasteiger partial charge in [0.25, 0.3) is 0 Å². The van der Waals surface area contributed by atoms with Crippen LogP contribution >= 0.6 is 0 Å². The molecular weight excluding hydrogens is 260 g/mol. The molecule has 1 rings (SSSR count).